The molecule has 1 aromatic heterocycles. The van der Waals surface area contributed by atoms with Crippen LogP contribution in [0.4, 0.5) is 0 Å². The van der Waals surface area contributed by atoms with Crippen LogP contribution >= 0.6 is 11.8 Å². The Kier molecular flexibility index (Phi) is 7.19. The molecule has 0 atom stereocenters. The summed E-state index contributed by atoms with van der Waals surface area (Å²) in [4.78, 5) is 23.5. The van der Waals surface area contributed by atoms with Crippen LogP contribution in [0.5, 0.6) is 0 Å². The van der Waals surface area contributed by atoms with Crippen molar-refractivity contribution in [3.63, 3.8) is 0 Å². The molecule has 0 spiro atoms. The molecule has 7 heteroatoms. The van der Waals surface area contributed by atoms with Crippen molar-refractivity contribution in [1.29, 1.82) is 0 Å². The smallest absolute Gasteiger partial charge is 0.217 e. The number of hydrogen-bond acceptors (Lipinski definition) is 5. The molecule has 3 rings (SSSR count). The lowest BCUT2D eigenvalue weighted by Crippen LogP contribution is -2.18. The fourth-order valence-corrected chi connectivity index (χ4v) is 3.82. The molecule has 0 aliphatic carbocycles. The van der Waals surface area contributed by atoms with Crippen molar-refractivity contribution in [1.82, 2.24) is 20.1 Å². The summed E-state index contributed by atoms with van der Waals surface area (Å²) >= 11 is 1.41. The summed E-state index contributed by atoms with van der Waals surface area (Å²) in [6, 6.07) is 17.5. The van der Waals surface area contributed by atoms with Crippen LogP contribution in [-0.2, 0) is 24.3 Å². The van der Waals surface area contributed by atoms with E-state index in [2.05, 4.69) is 39.1 Å². The molecule has 1 heterocycles. The molecule has 29 heavy (non-hydrogen) atoms. The van der Waals surface area contributed by atoms with E-state index in [1.54, 1.807) is 12.1 Å². The molecule has 0 saturated heterocycles. The van der Waals surface area contributed by atoms with Gasteiger partial charge in [-0.3, -0.25) is 9.59 Å². The molecule has 3 aromatic rings. The van der Waals surface area contributed by atoms with Gasteiger partial charge in [-0.05, 0) is 18.1 Å². The Morgan fingerprint density at radius 3 is 2.38 bits per heavy atom. The third-order valence-corrected chi connectivity index (χ3v) is 5.43. The minimum Gasteiger partial charge on any atom is -0.352 e. The summed E-state index contributed by atoms with van der Waals surface area (Å²) in [5.41, 5.74) is 2.79. The zero-order valence-electron chi connectivity index (χ0n) is 16.6. The van der Waals surface area contributed by atoms with Gasteiger partial charge in [0.2, 0.25) is 5.91 Å². The Balaban J connectivity index is 1.60. The van der Waals surface area contributed by atoms with Gasteiger partial charge in [-0.15, -0.1) is 10.2 Å². The Morgan fingerprint density at radius 2 is 1.72 bits per heavy atom. The van der Waals surface area contributed by atoms with Crippen LogP contribution in [0, 0.1) is 0 Å². The zero-order chi connectivity index (χ0) is 20.6. The highest BCUT2D eigenvalue weighted by Crippen LogP contribution is 2.20. The molecule has 6 nitrogen and oxygen atoms in total. The number of nitrogens with zero attached hydrogens (tertiary/aromatic N) is 3. The lowest BCUT2D eigenvalue weighted by atomic mass is 10.1. The highest BCUT2D eigenvalue weighted by molar-refractivity contribution is 7.99. The quantitative estimate of drug-likeness (QED) is 0.433. The van der Waals surface area contributed by atoms with Crippen molar-refractivity contribution in [3.8, 4) is 0 Å². The predicted octanol–water partition coefficient (Wildman–Crippen LogP) is 3.50. The fourth-order valence-electron chi connectivity index (χ4n) is 2.90. The number of amides is 1. The molecule has 0 radical (unpaired) electrons. The largest absolute Gasteiger partial charge is 0.352 e. The Labute approximate surface area is 174 Å². The van der Waals surface area contributed by atoms with Gasteiger partial charge in [0.15, 0.2) is 10.9 Å². The van der Waals surface area contributed by atoms with Crippen molar-refractivity contribution in [3.05, 3.63) is 77.1 Å². The van der Waals surface area contributed by atoms with Gasteiger partial charge in [0.05, 0.1) is 5.75 Å². The van der Waals surface area contributed by atoms with Gasteiger partial charge >= 0.3 is 0 Å². The minimum atomic E-state index is -0.0757. The molecular formula is C22H24N4O2S. The van der Waals surface area contributed by atoms with Gasteiger partial charge < -0.3 is 9.88 Å². The topological polar surface area (TPSA) is 76.9 Å². The average molecular weight is 409 g/mol. The number of carbonyl (C=O) groups is 2. The van der Waals surface area contributed by atoms with E-state index in [9.17, 15) is 9.59 Å². The van der Waals surface area contributed by atoms with Gasteiger partial charge in [0.25, 0.3) is 0 Å². The first-order chi connectivity index (χ1) is 14.1. The monoisotopic (exact) mass is 408 g/mol. The highest BCUT2D eigenvalue weighted by atomic mass is 32.2. The summed E-state index contributed by atoms with van der Waals surface area (Å²) in [5, 5.41) is 12.1. The second kappa shape index (κ2) is 10.0. The minimum absolute atomic E-state index is 0.0383. The van der Waals surface area contributed by atoms with Gasteiger partial charge in [-0.1, -0.05) is 66.4 Å². The lowest BCUT2D eigenvalue weighted by Gasteiger charge is -2.07. The molecule has 0 bridgehead atoms. The third kappa shape index (κ3) is 5.77. The molecule has 0 aliphatic heterocycles. The Hall–Kier alpha value is -2.93. The lowest BCUT2D eigenvalue weighted by molar-refractivity contribution is -0.119. The second-order valence-corrected chi connectivity index (χ2v) is 7.57. The van der Waals surface area contributed by atoms with E-state index in [0.717, 1.165) is 23.1 Å². The molecule has 0 unspecified atom stereocenters. The van der Waals surface area contributed by atoms with E-state index in [4.69, 9.17) is 0 Å². The van der Waals surface area contributed by atoms with Crippen LogP contribution in [0.25, 0.3) is 0 Å². The Bertz CT molecular complexity index is 968. The van der Waals surface area contributed by atoms with Gasteiger partial charge in [-0.2, -0.15) is 0 Å². The van der Waals surface area contributed by atoms with Crippen LogP contribution in [0.2, 0.25) is 0 Å². The number of thioether (sulfide) groups is 1. The van der Waals surface area contributed by atoms with Crippen LogP contribution in [0.15, 0.2) is 59.8 Å². The average Bonchev–Trinajstić information content (AvgIpc) is 3.13. The van der Waals surface area contributed by atoms with E-state index in [1.807, 2.05) is 30.3 Å². The van der Waals surface area contributed by atoms with E-state index < -0.39 is 0 Å². The maximum absolute atomic E-state index is 12.5. The number of Topliss-reactive ketones (excluding diaryl/α,β-unsaturated/α-hetero) is 1. The molecule has 1 N–H and O–H groups in total. The molecule has 1 amide bonds. The number of nitrogens with one attached hydrogen (secondary N) is 1. The van der Waals surface area contributed by atoms with Crippen molar-refractivity contribution >= 4 is 23.5 Å². The summed E-state index contributed by atoms with van der Waals surface area (Å²) < 4.78 is 2.06. The molecule has 2 aromatic carbocycles. The summed E-state index contributed by atoms with van der Waals surface area (Å²) in [6.45, 7) is 4.75. The van der Waals surface area contributed by atoms with E-state index in [0.29, 0.717) is 24.3 Å². The van der Waals surface area contributed by atoms with Crippen molar-refractivity contribution in [2.45, 2.75) is 38.5 Å². The highest BCUT2D eigenvalue weighted by Gasteiger charge is 2.14. The standard InChI is InChI=1S/C22H24N4O2S/c1-3-26-21(13-17-7-5-4-6-8-17)24-25-22(26)29-15-20(28)19-11-9-18(10-12-19)14-23-16(2)27/h4-12H,3,13-15H2,1-2H3,(H,23,27). The number of ketones is 1. The normalized spacial score (nSPS) is 10.7. The molecule has 0 fully saturated rings. The molecule has 0 saturated carbocycles. The maximum atomic E-state index is 12.5. The molecule has 0 aliphatic rings. The number of rotatable bonds is 9. The summed E-state index contributed by atoms with van der Waals surface area (Å²) in [5.74, 6) is 1.16. The number of carbonyl (C=O) groups excluding carboxylic acids is 2. The van der Waals surface area contributed by atoms with Crippen molar-refractivity contribution in [2.24, 2.45) is 0 Å². The van der Waals surface area contributed by atoms with E-state index in [1.165, 1.54) is 24.2 Å². The SMILES string of the molecule is CCn1c(Cc2ccccc2)nnc1SCC(=O)c1ccc(CNC(C)=O)cc1. The number of hydrogen-bond donors (Lipinski definition) is 1. The van der Waals surface area contributed by atoms with Crippen LogP contribution in [-0.4, -0.2) is 32.2 Å². The van der Waals surface area contributed by atoms with E-state index in [-0.39, 0.29) is 11.7 Å². The maximum Gasteiger partial charge on any atom is 0.217 e. The molecular weight excluding hydrogens is 384 g/mol. The van der Waals surface area contributed by atoms with Crippen molar-refractivity contribution < 1.29 is 9.59 Å². The Morgan fingerprint density at radius 1 is 1.00 bits per heavy atom. The first-order valence-corrected chi connectivity index (χ1v) is 10.5. The zero-order valence-corrected chi connectivity index (χ0v) is 17.4. The first-order valence-electron chi connectivity index (χ1n) is 9.52. The van der Waals surface area contributed by atoms with Gasteiger partial charge in [-0.25, -0.2) is 0 Å². The van der Waals surface area contributed by atoms with Crippen LogP contribution < -0.4 is 5.32 Å². The summed E-state index contributed by atoms with van der Waals surface area (Å²) in [7, 11) is 0. The van der Waals surface area contributed by atoms with Crippen LogP contribution in [0.3, 0.4) is 0 Å². The summed E-state index contributed by atoms with van der Waals surface area (Å²) in [6.07, 6.45) is 0.714. The second-order valence-electron chi connectivity index (χ2n) is 6.62. The van der Waals surface area contributed by atoms with E-state index >= 15 is 0 Å². The predicted molar refractivity (Wildman–Crippen MR) is 114 cm³/mol. The molecule has 150 valence electrons. The first kappa shape index (κ1) is 20.8. The third-order valence-electron chi connectivity index (χ3n) is 4.46. The van der Waals surface area contributed by atoms with Gasteiger partial charge in [0.1, 0.15) is 5.82 Å². The fraction of sp³-hybridized carbons (Fsp3) is 0.273. The van der Waals surface area contributed by atoms with Crippen LogP contribution in [0.1, 0.15) is 41.2 Å². The number of benzene rings is 2. The van der Waals surface area contributed by atoms with Crippen molar-refractivity contribution in [2.75, 3.05) is 5.75 Å². The number of aromatic nitrogens is 3. The van der Waals surface area contributed by atoms with Gasteiger partial charge in [0, 0.05) is 32.0 Å².